The third-order valence-electron chi connectivity index (χ3n) is 6.05. The Morgan fingerprint density at radius 1 is 1.27 bits per heavy atom. The first kappa shape index (κ1) is 17.1. The van der Waals surface area contributed by atoms with Gasteiger partial charge in [-0.25, -0.2) is 4.98 Å². The van der Waals surface area contributed by atoms with Crippen LogP contribution >= 0.6 is 0 Å². The Labute approximate surface area is 156 Å². The van der Waals surface area contributed by atoms with E-state index in [4.69, 9.17) is 4.98 Å². The molecule has 138 valence electrons. The number of aromatic nitrogens is 1. The molecule has 1 saturated carbocycles. The fourth-order valence-corrected chi connectivity index (χ4v) is 4.31. The minimum atomic E-state index is 0.582. The first-order valence-corrected chi connectivity index (χ1v) is 9.62. The van der Waals surface area contributed by atoms with Crippen molar-refractivity contribution >= 4 is 22.7 Å². The Kier molecular flexibility index (Phi) is 4.47. The van der Waals surface area contributed by atoms with Gasteiger partial charge in [-0.05, 0) is 42.4 Å². The number of hydrogen-bond acceptors (Lipinski definition) is 3. The molecule has 2 fully saturated rings. The summed E-state index contributed by atoms with van der Waals surface area (Å²) in [5.74, 6) is 2.02. The topological polar surface area (TPSA) is 43.8 Å². The van der Waals surface area contributed by atoms with Gasteiger partial charge in [0.15, 0.2) is 5.96 Å². The molecule has 5 heteroatoms. The number of nitrogens with one attached hydrogen (secondary N) is 1. The number of aliphatic imine (C=N–C) groups is 1. The molecular formula is C21H29N5. The summed E-state index contributed by atoms with van der Waals surface area (Å²) in [4.78, 5) is 13.8. The van der Waals surface area contributed by atoms with Crippen molar-refractivity contribution in [1.82, 2.24) is 15.2 Å². The number of benzene rings is 1. The average Bonchev–Trinajstić information content (AvgIpc) is 3.08. The molecule has 0 bridgehead atoms. The molecule has 4 rings (SSSR count). The molecule has 1 saturated heterocycles. The lowest BCUT2D eigenvalue weighted by atomic mass is 9.68. The van der Waals surface area contributed by atoms with Crippen molar-refractivity contribution in [3.05, 3.63) is 35.9 Å². The van der Waals surface area contributed by atoms with E-state index in [2.05, 4.69) is 44.4 Å². The third kappa shape index (κ3) is 3.11. The normalized spacial score (nSPS) is 19.0. The molecule has 2 heterocycles. The van der Waals surface area contributed by atoms with Crippen LogP contribution in [0.25, 0.3) is 10.9 Å². The van der Waals surface area contributed by atoms with Gasteiger partial charge in [-0.2, -0.15) is 0 Å². The molecule has 2 aliphatic rings. The summed E-state index contributed by atoms with van der Waals surface area (Å²) in [6.45, 7) is 3.05. The predicted octanol–water partition coefficient (Wildman–Crippen LogP) is 3.25. The Morgan fingerprint density at radius 3 is 2.73 bits per heavy atom. The van der Waals surface area contributed by atoms with E-state index in [0.29, 0.717) is 5.41 Å². The summed E-state index contributed by atoms with van der Waals surface area (Å²) in [7, 11) is 5.97. The van der Waals surface area contributed by atoms with Crippen LogP contribution in [0.3, 0.4) is 0 Å². The van der Waals surface area contributed by atoms with Crippen molar-refractivity contribution < 1.29 is 0 Å². The molecule has 2 aromatic rings. The van der Waals surface area contributed by atoms with Crippen LogP contribution in [-0.2, 0) is 6.54 Å². The fraction of sp³-hybridized carbons (Fsp3) is 0.524. The van der Waals surface area contributed by atoms with E-state index in [9.17, 15) is 0 Å². The van der Waals surface area contributed by atoms with E-state index in [1.165, 1.54) is 36.6 Å². The highest BCUT2D eigenvalue weighted by Crippen LogP contribution is 2.47. The standard InChI is InChI=1S/C21H29N5/c1-22-20(26-12-11-21(15-26)9-6-10-21)23-14-16-13-19(25(2)3)24-18-8-5-4-7-17(16)18/h4-5,7-8,13H,6,9-12,14-15H2,1-3H3,(H,22,23). The number of likely N-dealkylation sites (tertiary alicyclic amines) is 1. The lowest BCUT2D eigenvalue weighted by Crippen LogP contribution is -2.42. The van der Waals surface area contributed by atoms with E-state index < -0.39 is 0 Å². The van der Waals surface area contributed by atoms with Crippen molar-refractivity contribution in [2.24, 2.45) is 10.4 Å². The summed E-state index contributed by atoms with van der Waals surface area (Å²) < 4.78 is 0. The van der Waals surface area contributed by atoms with Crippen LogP contribution in [-0.4, -0.2) is 50.1 Å². The highest BCUT2D eigenvalue weighted by molar-refractivity contribution is 5.85. The van der Waals surface area contributed by atoms with Crippen molar-refractivity contribution in [2.45, 2.75) is 32.2 Å². The molecule has 1 spiro atoms. The molecule has 1 aliphatic heterocycles. The Hall–Kier alpha value is -2.30. The maximum atomic E-state index is 4.76. The summed E-state index contributed by atoms with van der Waals surface area (Å²) in [6.07, 6.45) is 5.50. The van der Waals surface area contributed by atoms with Gasteiger partial charge in [0, 0.05) is 46.2 Å². The van der Waals surface area contributed by atoms with E-state index in [1.54, 1.807) is 0 Å². The molecule has 1 aromatic heterocycles. The number of para-hydroxylation sites is 1. The first-order valence-electron chi connectivity index (χ1n) is 9.62. The number of fused-ring (bicyclic) bond motifs is 1. The second-order valence-electron chi connectivity index (χ2n) is 7.98. The van der Waals surface area contributed by atoms with Crippen molar-refractivity contribution in [3.63, 3.8) is 0 Å². The van der Waals surface area contributed by atoms with E-state index in [-0.39, 0.29) is 0 Å². The zero-order valence-electron chi connectivity index (χ0n) is 16.1. The van der Waals surface area contributed by atoms with Crippen molar-refractivity contribution in [1.29, 1.82) is 0 Å². The second-order valence-corrected chi connectivity index (χ2v) is 7.98. The van der Waals surface area contributed by atoms with Crippen molar-refractivity contribution in [3.8, 4) is 0 Å². The Balaban J connectivity index is 1.53. The van der Waals surface area contributed by atoms with Crippen molar-refractivity contribution in [2.75, 3.05) is 39.1 Å². The van der Waals surface area contributed by atoms with Gasteiger partial charge in [-0.15, -0.1) is 0 Å². The molecule has 5 nitrogen and oxygen atoms in total. The summed E-state index contributed by atoms with van der Waals surface area (Å²) in [5, 5.41) is 4.81. The maximum absolute atomic E-state index is 4.76. The zero-order chi connectivity index (χ0) is 18.1. The summed E-state index contributed by atoms with van der Waals surface area (Å²) in [6, 6.07) is 10.5. The smallest absolute Gasteiger partial charge is 0.193 e. The van der Waals surface area contributed by atoms with Crippen LogP contribution in [0.5, 0.6) is 0 Å². The largest absolute Gasteiger partial charge is 0.363 e. The number of hydrogen-bond donors (Lipinski definition) is 1. The van der Waals surface area contributed by atoms with Gasteiger partial charge in [0.2, 0.25) is 0 Å². The number of anilines is 1. The number of rotatable bonds is 3. The van der Waals surface area contributed by atoms with Gasteiger partial charge in [0.05, 0.1) is 5.52 Å². The number of guanidine groups is 1. The molecule has 1 aliphatic carbocycles. The molecule has 1 N–H and O–H groups in total. The van der Waals surface area contributed by atoms with Gasteiger partial charge >= 0.3 is 0 Å². The maximum Gasteiger partial charge on any atom is 0.193 e. The van der Waals surface area contributed by atoms with Crippen LogP contribution in [0.2, 0.25) is 0 Å². The van der Waals surface area contributed by atoms with Crippen LogP contribution in [0.15, 0.2) is 35.3 Å². The quantitative estimate of drug-likeness (QED) is 0.681. The molecule has 0 unspecified atom stereocenters. The van der Waals surface area contributed by atoms with E-state index in [0.717, 1.165) is 36.9 Å². The lowest BCUT2D eigenvalue weighted by Gasteiger charge is -2.38. The molecule has 26 heavy (non-hydrogen) atoms. The highest BCUT2D eigenvalue weighted by atomic mass is 15.3. The predicted molar refractivity (Wildman–Crippen MR) is 109 cm³/mol. The van der Waals surface area contributed by atoms with Gasteiger partial charge in [0.1, 0.15) is 5.82 Å². The van der Waals surface area contributed by atoms with Crippen LogP contribution in [0, 0.1) is 5.41 Å². The number of pyridine rings is 1. The minimum absolute atomic E-state index is 0.582. The van der Waals surface area contributed by atoms with Crippen LogP contribution in [0.1, 0.15) is 31.2 Å². The molecule has 1 aromatic carbocycles. The van der Waals surface area contributed by atoms with Gasteiger partial charge in [-0.3, -0.25) is 4.99 Å². The molecular weight excluding hydrogens is 322 g/mol. The fourth-order valence-electron chi connectivity index (χ4n) is 4.31. The minimum Gasteiger partial charge on any atom is -0.363 e. The Morgan fingerprint density at radius 2 is 2.08 bits per heavy atom. The monoisotopic (exact) mass is 351 g/mol. The van der Waals surface area contributed by atoms with E-state index in [1.807, 2.05) is 27.2 Å². The molecule has 0 radical (unpaired) electrons. The lowest BCUT2D eigenvalue weighted by molar-refractivity contribution is 0.151. The van der Waals surface area contributed by atoms with Crippen LogP contribution < -0.4 is 10.2 Å². The molecule has 0 atom stereocenters. The average molecular weight is 351 g/mol. The second kappa shape index (κ2) is 6.78. The van der Waals surface area contributed by atoms with E-state index >= 15 is 0 Å². The summed E-state index contributed by atoms with van der Waals surface area (Å²) >= 11 is 0. The Bertz CT molecular complexity index is 822. The third-order valence-corrected chi connectivity index (χ3v) is 6.05. The summed E-state index contributed by atoms with van der Waals surface area (Å²) in [5.41, 5.74) is 2.89. The number of nitrogens with zero attached hydrogens (tertiary/aromatic N) is 4. The highest BCUT2D eigenvalue weighted by Gasteiger charge is 2.43. The zero-order valence-corrected chi connectivity index (χ0v) is 16.1. The first-order chi connectivity index (χ1) is 12.6. The molecule has 0 amide bonds. The van der Waals surface area contributed by atoms with Crippen LogP contribution in [0.4, 0.5) is 5.82 Å². The van der Waals surface area contributed by atoms with Gasteiger partial charge in [0.25, 0.3) is 0 Å². The SMILES string of the molecule is CN=C(NCc1cc(N(C)C)nc2ccccc12)N1CCC2(CCC2)C1. The van der Waals surface area contributed by atoms with Gasteiger partial charge < -0.3 is 15.1 Å². The van der Waals surface area contributed by atoms with Gasteiger partial charge in [-0.1, -0.05) is 24.6 Å².